The maximum absolute atomic E-state index is 13.5. The van der Waals surface area contributed by atoms with Crippen molar-refractivity contribution in [2.75, 3.05) is 13.2 Å². The third-order valence-corrected chi connectivity index (χ3v) is 5.64. The summed E-state index contributed by atoms with van der Waals surface area (Å²) in [5.74, 6) is 0.251. The second kappa shape index (κ2) is 12.6. The third kappa shape index (κ3) is 7.48. The minimum Gasteiger partial charge on any atom is -0.484 e. The molecule has 3 rings (SSSR count). The summed E-state index contributed by atoms with van der Waals surface area (Å²) < 4.78 is 5.80. The van der Waals surface area contributed by atoms with Crippen molar-refractivity contribution < 1.29 is 14.3 Å². The number of ether oxygens (including phenoxy) is 1. The Bertz CT molecular complexity index is 1060. The molecule has 1 atom stereocenters. The number of carbonyl (C=O) groups is 2. The van der Waals surface area contributed by atoms with Gasteiger partial charge in [-0.3, -0.25) is 9.59 Å². The van der Waals surface area contributed by atoms with Gasteiger partial charge in [0.1, 0.15) is 11.8 Å². The van der Waals surface area contributed by atoms with Crippen LogP contribution in [0.15, 0.2) is 78.9 Å². The molecule has 0 saturated carbocycles. The van der Waals surface area contributed by atoms with E-state index in [4.69, 9.17) is 4.74 Å². The summed E-state index contributed by atoms with van der Waals surface area (Å²) >= 11 is 0. The van der Waals surface area contributed by atoms with Crippen molar-refractivity contribution in [2.45, 2.75) is 46.2 Å². The van der Waals surface area contributed by atoms with E-state index in [1.807, 2.05) is 99.6 Å². The highest BCUT2D eigenvalue weighted by molar-refractivity contribution is 5.88. The lowest BCUT2D eigenvalue weighted by molar-refractivity contribution is -0.142. The molecule has 1 unspecified atom stereocenters. The van der Waals surface area contributed by atoms with Gasteiger partial charge in [0.15, 0.2) is 6.61 Å². The van der Waals surface area contributed by atoms with Gasteiger partial charge < -0.3 is 15.0 Å². The van der Waals surface area contributed by atoms with Gasteiger partial charge in [-0.1, -0.05) is 84.8 Å². The zero-order chi connectivity index (χ0) is 24.3. The molecule has 5 nitrogen and oxygen atoms in total. The van der Waals surface area contributed by atoms with Gasteiger partial charge in [0, 0.05) is 19.5 Å². The van der Waals surface area contributed by atoms with E-state index >= 15 is 0 Å². The molecule has 1 N–H and O–H groups in total. The van der Waals surface area contributed by atoms with Gasteiger partial charge in [0.25, 0.3) is 5.91 Å². The molecule has 0 saturated heterocycles. The van der Waals surface area contributed by atoms with Crippen LogP contribution in [-0.2, 0) is 22.6 Å². The first-order chi connectivity index (χ1) is 16.5. The summed E-state index contributed by atoms with van der Waals surface area (Å²) in [6.07, 6.45) is 1.25. The maximum atomic E-state index is 13.5. The van der Waals surface area contributed by atoms with Crippen molar-refractivity contribution in [3.63, 3.8) is 0 Å². The van der Waals surface area contributed by atoms with E-state index in [9.17, 15) is 9.59 Å². The topological polar surface area (TPSA) is 58.6 Å². The monoisotopic (exact) mass is 458 g/mol. The first kappa shape index (κ1) is 25.0. The van der Waals surface area contributed by atoms with Crippen molar-refractivity contribution in [1.82, 2.24) is 10.2 Å². The average molecular weight is 459 g/mol. The van der Waals surface area contributed by atoms with Crippen molar-refractivity contribution in [3.8, 4) is 5.75 Å². The van der Waals surface area contributed by atoms with E-state index in [-0.39, 0.29) is 18.4 Å². The van der Waals surface area contributed by atoms with Crippen LogP contribution >= 0.6 is 0 Å². The van der Waals surface area contributed by atoms with Gasteiger partial charge in [-0.15, -0.1) is 0 Å². The van der Waals surface area contributed by atoms with Crippen LogP contribution in [0.1, 0.15) is 35.6 Å². The van der Waals surface area contributed by atoms with E-state index in [1.165, 1.54) is 0 Å². The maximum Gasteiger partial charge on any atom is 0.261 e. The SMILES string of the molecule is CCCNC(=O)C(Cc1ccccc1)N(Cc1cccc(C)c1)C(=O)COc1ccc(C)cc1. The normalized spacial score (nSPS) is 11.5. The molecule has 0 aliphatic heterocycles. The molecule has 0 aliphatic rings. The van der Waals surface area contributed by atoms with Gasteiger partial charge in [0.2, 0.25) is 5.91 Å². The van der Waals surface area contributed by atoms with Crippen LogP contribution in [0.5, 0.6) is 5.75 Å². The summed E-state index contributed by atoms with van der Waals surface area (Å²) in [6, 6.07) is 24.8. The minimum absolute atomic E-state index is 0.138. The largest absolute Gasteiger partial charge is 0.484 e. The van der Waals surface area contributed by atoms with Gasteiger partial charge >= 0.3 is 0 Å². The lowest BCUT2D eigenvalue weighted by atomic mass is 10.0. The first-order valence-electron chi connectivity index (χ1n) is 11.8. The van der Waals surface area contributed by atoms with Crippen molar-refractivity contribution in [3.05, 3.63) is 101 Å². The lowest BCUT2D eigenvalue weighted by Gasteiger charge is -2.31. The standard InChI is InChI=1S/C29H34N2O3/c1-4-17-30-29(33)27(19-24-10-6-5-7-11-24)31(20-25-12-8-9-23(3)18-25)28(32)21-34-26-15-13-22(2)14-16-26/h5-16,18,27H,4,17,19-21H2,1-3H3,(H,30,33). The summed E-state index contributed by atoms with van der Waals surface area (Å²) in [5, 5.41) is 2.99. The molecule has 178 valence electrons. The number of amides is 2. The Morgan fingerprint density at radius 1 is 0.882 bits per heavy atom. The number of benzene rings is 3. The highest BCUT2D eigenvalue weighted by atomic mass is 16.5. The van der Waals surface area contributed by atoms with Gasteiger partial charge in [-0.2, -0.15) is 0 Å². The quantitative estimate of drug-likeness (QED) is 0.447. The molecule has 2 amide bonds. The van der Waals surface area contributed by atoms with Crippen LogP contribution in [0.25, 0.3) is 0 Å². The Balaban J connectivity index is 1.88. The molecule has 3 aromatic carbocycles. The molecule has 34 heavy (non-hydrogen) atoms. The first-order valence-corrected chi connectivity index (χ1v) is 11.8. The number of rotatable bonds is 11. The lowest BCUT2D eigenvalue weighted by Crippen LogP contribution is -2.51. The number of nitrogens with zero attached hydrogens (tertiary/aromatic N) is 1. The van der Waals surface area contributed by atoms with Crippen LogP contribution in [0.3, 0.4) is 0 Å². The molecular weight excluding hydrogens is 424 g/mol. The predicted octanol–water partition coefficient (Wildman–Crippen LogP) is 4.85. The Labute approximate surface area is 202 Å². The molecule has 0 radical (unpaired) electrons. The second-order valence-corrected chi connectivity index (χ2v) is 8.61. The number of nitrogens with one attached hydrogen (secondary N) is 1. The zero-order valence-electron chi connectivity index (χ0n) is 20.3. The highest BCUT2D eigenvalue weighted by Crippen LogP contribution is 2.17. The van der Waals surface area contributed by atoms with Crippen LogP contribution in [0, 0.1) is 13.8 Å². The van der Waals surface area contributed by atoms with E-state index in [0.29, 0.717) is 25.3 Å². The Morgan fingerprint density at radius 3 is 2.26 bits per heavy atom. The minimum atomic E-state index is -0.649. The van der Waals surface area contributed by atoms with Crippen LogP contribution in [-0.4, -0.2) is 35.9 Å². The predicted molar refractivity (Wildman–Crippen MR) is 136 cm³/mol. The number of aryl methyl sites for hydroxylation is 2. The van der Waals surface area contributed by atoms with Crippen LogP contribution in [0.2, 0.25) is 0 Å². The molecule has 0 aromatic heterocycles. The molecule has 3 aromatic rings. The van der Waals surface area contributed by atoms with Crippen LogP contribution in [0.4, 0.5) is 0 Å². The van der Waals surface area contributed by atoms with E-state index in [1.54, 1.807) is 4.90 Å². The fourth-order valence-corrected chi connectivity index (χ4v) is 3.79. The molecule has 0 heterocycles. The number of carbonyl (C=O) groups excluding carboxylic acids is 2. The Morgan fingerprint density at radius 2 is 1.59 bits per heavy atom. The molecule has 0 fully saturated rings. The number of hydrogen-bond acceptors (Lipinski definition) is 3. The van der Waals surface area contributed by atoms with Crippen molar-refractivity contribution >= 4 is 11.8 Å². The average Bonchev–Trinajstić information content (AvgIpc) is 2.85. The smallest absolute Gasteiger partial charge is 0.261 e. The molecule has 5 heteroatoms. The third-order valence-electron chi connectivity index (χ3n) is 5.64. The highest BCUT2D eigenvalue weighted by Gasteiger charge is 2.30. The summed E-state index contributed by atoms with van der Waals surface area (Å²) in [4.78, 5) is 28.4. The molecule has 0 spiro atoms. The Kier molecular flexibility index (Phi) is 9.27. The van der Waals surface area contributed by atoms with E-state index in [0.717, 1.165) is 28.7 Å². The summed E-state index contributed by atoms with van der Waals surface area (Å²) in [5.41, 5.74) is 4.21. The van der Waals surface area contributed by atoms with Gasteiger partial charge in [-0.05, 0) is 43.5 Å². The van der Waals surface area contributed by atoms with Crippen molar-refractivity contribution in [2.24, 2.45) is 0 Å². The Hall–Kier alpha value is -3.60. The fourth-order valence-electron chi connectivity index (χ4n) is 3.79. The molecular formula is C29H34N2O3. The van der Waals surface area contributed by atoms with Crippen LogP contribution < -0.4 is 10.1 Å². The molecule has 0 aliphatic carbocycles. The van der Waals surface area contributed by atoms with Gasteiger partial charge in [0.05, 0.1) is 0 Å². The summed E-state index contributed by atoms with van der Waals surface area (Å²) in [6.45, 7) is 6.79. The van der Waals surface area contributed by atoms with Gasteiger partial charge in [-0.25, -0.2) is 0 Å². The van der Waals surface area contributed by atoms with E-state index in [2.05, 4.69) is 5.32 Å². The zero-order valence-corrected chi connectivity index (χ0v) is 20.3. The summed E-state index contributed by atoms with van der Waals surface area (Å²) in [7, 11) is 0. The fraction of sp³-hybridized carbons (Fsp3) is 0.310. The molecule has 0 bridgehead atoms. The number of hydrogen-bond donors (Lipinski definition) is 1. The second-order valence-electron chi connectivity index (χ2n) is 8.61. The van der Waals surface area contributed by atoms with E-state index < -0.39 is 6.04 Å². The van der Waals surface area contributed by atoms with Crippen molar-refractivity contribution in [1.29, 1.82) is 0 Å².